The molecule has 0 atom stereocenters. The second-order valence-corrected chi connectivity index (χ2v) is 6.97. The number of hydrogen-bond donors (Lipinski definition) is 1. The molecular weight excluding hydrogens is 397 g/mol. The summed E-state index contributed by atoms with van der Waals surface area (Å²) in [6.07, 6.45) is 1.55. The van der Waals surface area contributed by atoms with Crippen LogP contribution in [-0.2, 0) is 4.79 Å². The van der Waals surface area contributed by atoms with Crippen LogP contribution in [0.2, 0.25) is 0 Å². The number of amidine groups is 1. The van der Waals surface area contributed by atoms with E-state index in [-0.39, 0.29) is 22.4 Å². The monoisotopic (exact) mass is 409 g/mol. The summed E-state index contributed by atoms with van der Waals surface area (Å²) in [4.78, 5) is 26.9. The number of aliphatic imine (C=N–C) groups is 1. The van der Waals surface area contributed by atoms with Gasteiger partial charge in [0.2, 0.25) is 0 Å². The zero-order valence-corrected chi connectivity index (χ0v) is 15.5. The molecule has 0 unspecified atom stereocenters. The standard InChI is InChI=1S/C20H12FN3O4S/c21-15-3-1-2-4-16(15)22-20-23-19(25)18(29-20)11-14-9-10-17(28-14)12-5-7-13(8-6-12)24(26)27/h1-11H,(H,22,23,25). The van der Waals surface area contributed by atoms with Crippen molar-refractivity contribution < 1.29 is 18.5 Å². The summed E-state index contributed by atoms with van der Waals surface area (Å²) in [7, 11) is 0. The number of carbonyl (C=O) groups excluding carboxylic acids is 1. The normalized spacial score (nSPS) is 16.4. The Morgan fingerprint density at radius 3 is 2.59 bits per heavy atom. The molecule has 4 rings (SSSR count). The number of amides is 1. The van der Waals surface area contributed by atoms with E-state index < -0.39 is 10.7 Å². The van der Waals surface area contributed by atoms with Gasteiger partial charge in [0, 0.05) is 23.8 Å². The number of halogens is 1. The first-order valence-corrected chi connectivity index (χ1v) is 9.20. The average molecular weight is 409 g/mol. The summed E-state index contributed by atoms with van der Waals surface area (Å²) in [6, 6.07) is 15.4. The fourth-order valence-corrected chi connectivity index (χ4v) is 3.41. The van der Waals surface area contributed by atoms with Crippen molar-refractivity contribution >= 4 is 40.3 Å². The highest BCUT2D eigenvalue weighted by atomic mass is 32.2. The van der Waals surface area contributed by atoms with E-state index in [9.17, 15) is 19.3 Å². The number of nitrogens with zero attached hydrogens (tertiary/aromatic N) is 2. The van der Waals surface area contributed by atoms with Crippen LogP contribution in [0, 0.1) is 15.9 Å². The fraction of sp³-hybridized carbons (Fsp3) is 0. The lowest BCUT2D eigenvalue weighted by Gasteiger charge is -1.97. The molecule has 29 heavy (non-hydrogen) atoms. The van der Waals surface area contributed by atoms with Crippen molar-refractivity contribution in [1.82, 2.24) is 5.32 Å². The number of hydrogen-bond acceptors (Lipinski definition) is 6. The molecule has 1 aromatic heterocycles. The Morgan fingerprint density at radius 1 is 1.10 bits per heavy atom. The van der Waals surface area contributed by atoms with Crippen LogP contribution in [0.25, 0.3) is 17.4 Å². The Balaban J connectivity index is 1.54. The SMILES string of the molecule is O=C1NC(=Nc2ccccc2F)SC1=Cc1ccc(-c2ccc([N+](=O)[O-])cc2)o1. The fourth-order valence-electron chi connectivity index (χ4n) is 2.59. The van der Waals surface area contributed by atoms with Crippen LogP contribution < -0.4 is 5.32 Å². The van der Waals surface area contributed by atoms with Crippen LogP contribution in [0.1, 0.15) is 5.76 Å². The molecule has 1 saturated heterocycles. The van der Waals surface area contributed by atoms with Crippen LogP contribution in [0.5, 0.6) is 0 Å². The van der Waals surface area contributed by atoms with E-state index in [1.165, 1.54) is 24.3 Å². The Hall–Kier alpha value is -3.72. The number of nitro benzene ring substituents is 1. The lowest BCUT2D eigenvalue weighted by molar-refractivity contribution is -0.384. The number of furan rings is 1. The quantitative estimate of drug-likeness (QED) is 0.376. The van der Waals surface area contributed by atoms with Crippen molar-refractivity contribution in [3.8, 4) is 11.3 Å². The molecule has 0 radical (unpaired) electrons. The molecule has 0 saturated carbocycles. The van der Waals surface area contributed by atoms with E-state index in [0.29, 0.717) is 22.0 Å². The minimum atomic E-state index is -0.481. The third kappa shape index (κ3) is 4.09. The Morgan fingerprint density at radius 2 is 1.86 bits per heavy atom. The average Bonchev–Trinajstić information content (AvgIpc) is 3.31. The number of para-hydroxylation sites is 1. The molecule has 1 amide bonds. The van der Waals surface area contributed by atoms with Crippen LogP contribution in [0.4, 0.5) is 15.8 Å². The second-order valence-electron chi connectivity index (χ2n) is 5.94. The van der Waals surface area contributed by atoms with E-state index in [2.05, 4.69) is 10.3 Å². The molecule has 0 spiro atoms. The van der Waals surface area contributed by atoms with E-state index in [1.807, 2.05) is 0 Å². The molecular formula is C20H12FN3O4S. The Bertz CT molecular complexity index is 1170. The highest BCUT2D eigenvalue weighted by molar-refractivity contribution is 8.18. The number of carbonyl (C=O) groups is 1. The number of thioether (sulfide) groups is 1. The van der Waals surface area contributed by atoms with Crippen molar-refractivity contribution in [2.45, 2.75) is 0 Å². The van der Waals surface area contributed by atoms with Gasteiger partial charge in [-0.1, -0.05) is 12.1 Å². The van der Waals surface area contributed by atoms with E-state index in [1.54, 1.807) is 42.5 Å². The first-order chi connectivity index (χ1) is 14.0. The van der Waals surface area contributed by atoms with Crippen molar-refractivity contribution in [3.05, 3.63) is 87.3 Å². The van der Waals surface area contributed by atoms with Gasteiger partial charge in [0.15, 0.2) is 5.17 Å². The van der Waals surface area contributed by atoms with Gasteiger partial charge in [-0.2, -0.15) is 0 Å². The second kappa shape index (κ2) is 7.72. The molecule has 1 aliphatic rings. The molecule has 7 nitrogen and oxygen atoms in total. The highest BCUT2D eigenvalue weighted by Crippen LogP contribution is 2.31. The van der Waals surface area contributed by atoms with E-state index in [4.69, 9.17) is 4.42 Å². The molecule has 1 fully saturated rings. The van der Waals surface area contributed by atoms with Crippen LogP contribution >= 0.6 is 11.8 Å². The largest absolute Gasteiger partial charge is 0.457 e. The molecule has 2 heterocycles. The van der Waals surface area contributed by atoms with Gasteiger partial charge in [0.25, 0.3) is 11.6 Å². The van der Waals surface area contributed by atoms with Gasteiger partial charge in [-0.05, 0) is 48.2 Å². The van der Waals surface area contributed by atoms with Crippen molar-refractivity contribution in [2.75, 3.05) is 0 Å². The maximum absolute atomic E-state index is 13.7. The molecule has 3 aromatic rings. The van der Waals surface area contributed by atoms with Crippen LogP contribution in [0.3, 0.4) is 0 Å². The van der Waals surface area contributed by atoms with E-state index >= 15 is 0 Å². The predicted molar refractivity (Wildman–Crippen MR) is 108 cm³/mol. The topological polar surface area (TPSA) is 97.7 Å². The maximum Gasteiger partial charge on any atom is 0.269 e. The van der Waals surface area contributed by atoms with Gasteiger partial charge in [-0.25, -0.2) is 9.38 Å². The Labute approximate surface area is 168 Å². The summed E-state index contributed by atoms with van der Waals surface area (Å²) in [5, 5.41) is 13.6. The number of nitrogens with one attached hydrogen (secondary N) is 1. The van der Waals surface area contributed by atoms with Gasteiger partial charge >= 0.3 is 0 Å². The van der Waals surface area contributed by atoms with Gasteiger partial charge in [0.05, 0.1) is 9.83 Å². The molecule has 144 valence electrons. The lowest BCUT2D eigenvalue weighted by Crippen LogP contribution is -2.19. The number of nitro groups is 1. The summed E-state index contributed by atoms with van der Waals surface area (Å²) in [5.41, 5.74) is 0.795. The molecule has 1 N–H and O–H groups in total. The molecule has 9 heteroatoms. The molecule has 1 aliphatic heterocycles. The van der Waals surface area contributed by atoms with Crippen LogP contribution in [0.15, 0.2) is 75.0 Å². The maximum atomic E-state index is 13.7. The molecule has 2 aromatic carbocycles. The summed E-state index contributed by atoms with van der Waals surface area (Å²) < 4.78 is 19.4. The van der Waals surface area contributed by atoms with Crippen molar-refractivity contribution in [3.63, 3.8) is 0 Å². The van der Waals surface area contributed by atoms with Crippen LogP contribution in [-0.4, -0.2) is 16.0 Å². The van der Waals surface area contributed by atoms with Gasteiger partial charge in [-0.3, -0.25) is 14.9 Å². The Kier molecular flexibility index (Phi) is 4.96. The van der Waals surface area contributed by atoms with Crippen molar-refractivity contribution in [1.29, 1.82) is 0 Å². The number of benzene rings is 2. The van der Waals surface area contributed by atoms with E-state index in [0.717, 1.165) is 11.8 Å². The summed E-state index contributed by atoms with van der Waals surface area (Å²) in [6.45, 7) is 0. The number of non-ortho nitro benzene ring substituents is 1. The van der Waals surface area contributed by atoms with Gasteiger partial charge in [0.1, 0.15) is 23.0 Å². The number of rotatable bonds is 4. The third-order valence-electron chi connectivity index (χ3n) is 3.99. The minimum Gasteiger partial charge on any atom is -0.457 e. The molecule has 0 bridgehead atoms. The highest BCUT2D eigenvalue weighted by Gasteiger charge is 2.24. The summed E-state index contributed by atoms with van der Waals surface area (Å²) >= 11 is 1.08. The van der Waals surface area contributed by atoms with Gasteiger partial charge < -0.3 is 9.73 Å². The zero-order valence-electron chi connectivity index (χ0n) is 14.7. The smallest absolute Gasteiger partial charge is 0.269 e. The van der Waals surface area contributed by atoms with Crippen molar-refractivity contribution in [2.24, 2.45) is 4.99 Å². The first-order valence-electron chi connectivity index (χ1n) is 8.38. The summed E-state index contributed by atoms with van der Waals surface area (Å²) in [5.74, 6) is 0.1000. The lowest BCUT2D eigenvalue weighted by atomic mass is 10.1. The predicted octanol–water partition coefficient (Wildman–Crippen LogP) is 4.89. The third-order valence-corrected chi connectivity index (χ3v) is 4.90. The first kappa shape index (κ1) is 18.6. The molecule has 0 aliphatic carbocycles. The minimum absolute atomic E-state index is 0.0108. The van der Waals surface area contributed by atoms with Gasteiger partial charge in [-0.15, -0.1) is 0 Å². The zero-order chi connectivity index (χ0) is 20.4.